The molecule has 2 heteroatoms. The van der Waals surface area contributed by atoms with E-state index in [2.05, 4.69) is 25.7 Å². The average Bonchev–Trinajstić information content (AvgIpc) is 1.99. The lowest BCUT2D eigenvalue weighted by molar-refractivity contribution is 0.106. The first kappa shape index (κ1) is 11.2. The zero-order valence-corrected chi connectivity index (χ0v) is 10.6. The van der Waals surface area contributed by atoms with Crippen LogP contribution in [0.25, 0.3) is 0 Å². The lowest BCUT2D eigenvalue weighted by atomic mass is 10.1. The number of carbonyl (C=O) groups is 1. The van der Waals surface area contributed by atoms with Crippen LogP contribution in [0.15, 0.2) is 18.2 Å². The van der Waals surface area contributed by atoms with Gasteiger partial charge in [0.1, 0.15) is 13.5 Å². The molecular formula is C12H18OSi. The third-order valence-corrected chi connectivity index (χ3v) is 3.82. The Balaban J connectivity index is 3.14. The van der Waals surface area contributed by atoms with Gasteiger partial charge in [0.15, 0.2) is 0 Å². The molecule has 0 saturated heterocycles. The molecule has 0 amide bonds. The van der Waals surface area contributed by atoms with Crippen molar-refractivity contribution in [3.8, 4) is 0 Å². The summed E-state index contributed by atoms with van der Waals surface area (Å²) in [7, 11) is -1.69. The van der Waals surface area contributed by atoms with Crippen molar-refractivity contribution >= 4 is 13.5 Å². The molecule has 0 spiro atoms. The molecule has 0 N–H and O–H groups in total. The van der Waals surface area contributed by atoms with Gasteiger partial charge in [-0.3, -0.25) is 0 Å². The molecule has 76 valence electrons. The van der Waals surface area contributed by atoms with Crippen molar-refractivity contribution in [3.63, 3.8) is 0 Å². The predicted molar refractivity (Wildman–Crippen MR) is 63.6 cm³/mol. The van der Waals surface area contributed by atoms with Crippen LogP contribution in [-0.4, -0.2) is 13.5 Å². The van der Waals surface area contributed by atoms with Crippen molar-refractivity contribution in [2.75, 3.05) is 0 Å². The standard InChI is InChI=1S/C12H18OSi/c1-9-6-10(2)8-11(7-9)12(13)14(3,4)5/h6-8H,1-5H3. The molecule has 0 fully saturated rings. The van der Waals surface area contributed by atoms with Gasteiger partial charge in [-0.25, -0.2) is 0 Å². The van der Waals surface area contributed by atoms with Crippen molar-refractivity contribution in [1.29, 1.82) is 0 Å². The molecule has 0 saturated carbocycles. The molecule has 0 aliphatic heterocycles. The van der Waals surface area contributed by atoms with Gasteiger partial charge in [-0.2, -0.15) is 0 Å². The van der Waals surface area contributed by atoms with E-state index in [0.29, 0.717) is 5.41 Å². The van der Waals surface area contributed by atoms with Crippen molar-refractivity contribution in [2.45, 2.75) is 33.5 Å². The van der Waals surface area contributed by atoms with Crippen LogP contribution in [-0.2, 0) is 0 Å². The number of hydrogen-bond acceptors (Lipinski definition) is 1. The molecule has 1 aromatic rings. The SMILES string of the molecule is Cc1cc(C)cc(C(=O)[Si](C)(C)C)c1. The third kappa shape index (κ3) is 2.55. The Morgan fingerprint density at radius 2 is 1.43 bits per heavy atom. The fourth-order valence-corrected chi connectivity index (χ4v) is 2.55. The monoisotopic (exact) mass is 206 g/mol. The van der Waals surface area contributed by atoms with Gasteiger partial charge in [0.05, 0.1) is 0 Å². The van der Waals surface area contributed by atoms with E-state index in [4.69, 9.17) is 0 Å². The number of rotatable bonds is 2. The van der Waals surface area contributed by atoms with Crippen LogP contribution in [0.4, 0.5) is 0 Å². The van der Waals surface area contributed by atoms with E-state index >= 15 is 0 Å². The Morgan fingerprint density at radius 3 is 1.79 bits per heavy atom. The molecule has 1 aromatic carbocycles. The summed E-state index contributed by atoms with van der Waals surface area (Å²) in [5, 5.41) is 0.351. The Bertz CT molecular complexity index is 341. The highest BCUT2D eigenvalue weighted by Crippen LogP contribution is 2.15. The second-order valence-electron chi connectivity index (χ2n) is 4.96. The summed E-state index contributed by atoms with van der Waals surface area (Å²) in [6.45, 7) is 10.3. The van der Waals surface area contributed by atoms with Gasteiger partial charge in [-0.1, -0.05) is 36.8 Å². The topological polar surface area (TPSA) is 17.1 Å². The molecule has 1 rings (SSSR count). The highest BCUT2D eigenvalue weighted by Gasteiger charge is 2.25. The van der Waals surface area contributed by atoms with Crippen LogP contribution in [0.3, 0.4) is 0 Å². The molecule has 0 aromatic heterocycles. The number of aryl methyl sites for hydroxylation is 2. The first-order chi connectivity index (χ1) is 6.30. The van der Waals surface area contributed by atoms with Crippen LogP contribution >= 0.6 is 0 Å². The maximum absolute atomic E-state index is 12.0. The fraction of sp³-hybridized carbons (Fsp3) is 0.417. The molecule has 0 unspecified atom stereocenters. The molecule has 0 bridgehead atoms. The van der Waals surface area contributed by atoms with E-state index in [0.717, 1.165) is 5.56 Å². The van der Waals surface area contributed by atoms with Gasteiger partial charge >= 0.3 is 0 Å². The van der Waals surface area contributed by atoms with Crippen LogP contribution in [0.1, 0.15) is 21.5 Å². The van der Waals surface area contributed by atoms with E-state index < -0.39 is 8.07 Å². The highest BCUT2D eigenvalue weighted by molar-refractivity contribution is 7.05. The minimum Gasteiger partial charge on any atom is -0.300 e. The van der Waals surface area contributed by atoms with Gasteiger partial charge in [0.25, 0.3) is 0 Å². The van der Waals surface area contributed by atoms with Crippen LogP contribution < -0.4 is 0 Å². The Kier molecular flexibility index (Phi) is 2.95. The first-order valence-electron chi connectivity index (χ1n) is 4.94. The lowest BCUT2D eigenvalue weighted by Gasteiger charge is -2.14. The van der Waals surface area contributed by atoms with Gasteiger partial charge in [-0.05, 0) is 26.0 Å². The maximum Gasteiger partial charge on any atom is 0.139 e. The summed E-state index contributed by atoms with van der Waals surface area (Å²) in [5.74, 6) is 0. The fourth-order valence-electron chi connectivity index (χ4n) is 1.54. The first-order valence-corrected chi connectivity index (χ1v) is 8.44. The van der Waals surface area contributed by atoms with Gasteiger partial charge < -0.3 is 4.79 Å². The number of carbonyl (C=O) groups excluding carboxylic acids is 1. The zero-order valence-electron chi connectivity index (χ0n) is 9.64. The van der Waals surface area contributed by atoms with Gasteiger partial charge in [-0.15, -0.1) is 0 Å². The van der Waals surface area contributed by atoms with E-state index in [1.54, 1.807) is 0 Å². The Labute approximate surface area is 87.2 Å². The molecule has 0 radical (unpaired) electrons. The second-order valence-corrected chi connectivity index (χ2v) is 9.91. The van der Waals surface area contributed by atoms with Crippen LogP contribution in [0.5, 0.6) is 0 Å². The molecule has 0 heterocycles. The Morgan fingerprint density at radius 1 is 1.00 bits per heavy atom. The molecule has 14 heavy (non-hydrogen) atoms. The van der Waals surface area contributed by atoms with Crippen LogP contribution in [0.2, 0.25) is 19.6 Å². The van der Waals surface area contributed by atoms with E-state index in [9.17, 15) is 4.79 Å². The Hall–Kier alpha value is -0.893. The second kappa shape index (κ2) is 3.69. The van der Waals surface area contributed by atoms with E-state index in [1.807, 2.05) is 26.0 Å². The minimum absolute atomic E-state index is 0.351. The predicted octanol–water partition coefficient (Wildman–Crippen LogP) is 3.36. The van der Waals surface area contributed by atoms with E-state index in [-0.39, 0.29) is 0 Å². The van der Waals surface area contributed by atoms with Crippen LogP contribution in [0, 0.1) is 13.8 Å². The third-order valence-electron chi connectivity index (χ3n) is 2.17. The largest absolute Gasteiger partial charge is 0.300 e. The normalized spacial score (nSPS) is 11.5. The summed E-state index contributed by atoms with van der Waals surface area (Å²) in [5.41, 5.74) is 3.24. The average molecular weight is 206 g/mol. The molecular weight excluding hydrogens is 188 g/mol. The smallest absolute Gasteiger partial charge is 0.139 e. The summed E-state index contributed by atoms with van der Waals surface area (Å²) < 4.78 is 0. The minimum atomic E-state index is -1.69. The van der Waals surface area contributed by atoms with Crippen molar-refractivity contribution in [1.82, 2.24) is 0 Å². The number of benzene rings is 1. The summed E-state index contributed by atoms with van der Waals surface area (Å²) in [6.07, 6.45) is 0. The molecule has 1 nitrogen and oxygen atoms in total. The van der Waals surface area contributed by atoms with Gasteiger partial charge in [0.2, 0.25) is 0 Å². The van der Waals surface area contributed by atoms with E-state index in [1.165, 1.54) is 11.1 Å². The maximum atomic E-state index is 12.0. The van der Waals surface area contributed by atoms with Crippen molar-refractivity contribution < 1.29 is 4.79 Å². The molecule has 0 aliphatic carbocycles. The lowest BCUT2D eigenvalue weighted by Crippen LogP contribution is -2.33. The van der Waals surface area contributed by atoms with Gasteiger partial charge in [0, 0.05) is 5.56 Å². The summed E-state index contributed by atoms with van der Waals surface area (Å²) in [6, 6.07) is 6.09. The summed E-state index contributed by atoms with van der Waals surface area (Å²) >= 11 is 0. The highest BCUT2D eigenvalue weighted by atomic mass is 28.3. The van der Waals surface area contributed by atoms with Crippen molar-refractivity contribution in [2.24, 2.45) is 0 Å². The molecule has 0 atom stereocenters. The van der Waals surface area contributed by atoms with Crippen molar-refractivity contribution in [3.05, 3.63) is 34.9 Å². The summed E-state index contributed by atoms with van der Waals surface area (Å²) in [4.78, 5) is 12.0. The zero-order chi connectivity index (χ0) is 10.9. The quantitative estimate of drug-likeness (QED) is 0.678. The molecule has 0 aliphatic rings. The number of hydrogen-bond donors (Lipinski definition) is 0.